The van der Waals surface area contributed by atoms with E-state index < -0.39 is 0 Å². The van der Waals surface area contributed by atoms with Gasteiger partial charge in [-0.3, -0.25) is 0 Å². The summed E-state index contributed by atoms with van der Waals surface area (Å²) in [6, 6.07) is 6.40. The molecule has 4 heteroatoms. The predicted octanol–water partition coefficient (Wildman–Crippen LogP) is 3.64. The van der Waals surface area contributed by atoms with Crippen LogP contribution in [-0.2, 0) is 6.54 Å². The van der Waals surface area contributed by atoms with Crippen LogP contribution in [0.2, 0.25) is 5.02 Å². The first-order valence-corrected chi connectivity index (χ1v) is 7.02. The summed E-state index contributed by atoms with van der Waals surface area (Å²) in [7, 11) is 0. The molecule has 0 amide bonds. The zero-order chi connectivity index (χ0) is 13.8. The summed E-state index contributed by atoms with van der Waals surface area (Å²) in [4.78, 5) is 0. The predicted molar refractivity (Wildman–Crippen MR) is 80.0 cm³/mol. The molecule has 0 aliphatic heterocycles. The molecule has 102 valence electrons. The summed E-state index contributed by atoms with van der Waals surface area (Å²) in [6.45, 7) is 8.06. The van der Waals surface area contributed by atoms with Crippen LogP contribution < -0.4 is 5.32 Å². The Balaban J connectivity index is 2.33. The first-order valence-electron chi connectivity index (χ1n) is 6.64. The van der Waals surface area contributed by atoms with E-state index >= 15 is 0 Å². The number of hydrogen-bond donors (Lipinski definition) is 1. The van der Waals surface area contributed by atoms with Crippen molar-refractivity contribution in [3.63, 3.8) is 0 Å². The average Bonchev–Trinajstić information content (AvgIpc) is 2.70. The van der Waals surface area contributed by atoms with Crippen molar-refractivity contribution in [2.24, 2.45) is 0 Å². The Morgan fingerprint density at radius 2 is 2.11 bits per heavy atom. The molecule has 1 aromatic carbocycles. The average molecular weight is 278 g/mol. The summed E-state index contributed by atoms with van der Waals surface area (Å²) in [5.41, 5.74) is 4.44. The highest BCUT2D eigenvalue weighted by Gasteiger charge is 2.08. The van der Waals surface area contributed by atoms with Crippen LogP contribution in [0.1, 0.15) is 30.2 Å². The molecule has 0 spiro atoms. The Labute approximate surface area is 119 Å². The number of nitrogens with zero attached hydrogens (tertiary/aromatic N) is 2. The van der Waals surface area contributed by atoms with Gasteiger partial charge < -0.3 is 5.32 Å². The molecule has 0 saturated heterocycles. The molecule has 1 N–H and O–H groups in total. The topological polar surface area (TPSA) is 29.9 Å². The lowest BCUT2D eigenvalue weighted by atomic mass is 10.1. The van der Waals surface area contributed by atoms with E-state index in [1.54, 1.807) is 0 Å². The van der Waals surface area contributed by atoms with Gasteiger partial charge in [0.05, 0.1) is 16.4 Å². The zero-order valence-electron chi connectivity index (χ0n) is 11.7. The third-order valence-corrected chi connectivity index (χ3v) is 3.43. The van der Waals surface area contributed by atoms with E-state index in [1.165, 1.54) is 11.1 Å². The minimum atomic E-state index is 0.702. The lowest BCUT2D eigenvalue weighted by molar-refractivity contribution is 0.669. The molecule has 0 fully saturated rings. The summed E-state index contributed by atoms with van der Waals surface area (Å²) in [5.74, 6) is 0. The smallest absolute Gasteiger partial charge is 0.0819 e. The molecule has 0 aliphatic rings. The van der Waals surface area contributed by atoms with E-state index in [-0.39, 0.29) is 0 Å². The highest BCUT2D eigenvalue weighted by Crippen LogP contribution is 2.20. The maximum Gasteiger partial charge on any atom is 0.0819 e. The maximum atomic E-state index is 6.09. The number of benzene rings is 1. The molecule has 3 nitrogen and oxygen atoms in total. The summed E-state index contributed by atoms with van der Waals surface area (Å²) in [6.07, 6.45) is 3.00. The first kappa shape index (κ1) is 14.1. The second-order valence-electron chi connectivity index (χ2n) is 4.82. The van der Waals surface area contributed by atoms with E-state index in [4.69, 9.17) is 11.6 Å². The fourth-order valence-corrected chi connectivity index (χ4v) is 2.17. The van der Waals surface area contributed by atoms with Crippen molar-refractivity contribution >= 4 is 11.6 Å². The Morgan fingerprint density at radius 3 is 2.74 bits per heavy atom. The SMILES string of the molecule is CCCNCc1cc(C)ccc1-n1cc(Cl)c(C)n1. The van der Waals surface area contributed by atoms with Crippen LogP contribution in [0, 0.1) is 13.8 Å². The molecule has 0 bridgehead atoms. The normalized spacial score (nSPS) is 10.9. The van der Waals surface area contributed by atoms with Crippen molar-refractivity contribution in [3.05, 3.63) is 46.2 Å². The van der Waals surface area contributed by atoms with Gasteiger partial charge in [-0.1, -0.05) is 36.2 Å². The standard InChI is InChI=1S/C15H20ClN3/c1-4-7-17-9-13-8-11(2)5-6-15(13)19-10-14(16)12(3)18-19/h5-6,8,10,17H,4,7,9H2,1-3H3. The maximum absolute atomic E-state index is 6.09. The second-order valence-corrected chi connectivity index (χ2v) is 5.22. The minimum absolute atomic E-state index is 0.702. The molecule has 2 rings (SSSR count). The molecule has 1 heterocycles. The van der Waals surface area contributed by atoms with Gasteiger partial charge in [-0.05, 0) is 38.4 Å². The van der Waals surface area contributed by atoms with Gasteiger partial charge in [0.15, 0.2) is 0 Å². The molecule has 0 atom stereocenters. The van der Waals surface area contributed by atoms with Gasteiger partial charge >= 0.3 is 0 Å². The summed E-state index contributed by atoms with van der Waals surface area (Å²) >= 11 is 6.09. The molecular formula is C15H20ClN3. The van der Waals surface area contributed by atoms with Gasteiger partial charge in [-0.25, -0.2) is 4.68 Å². The van der Waals surface area contributed by atoms with E-state index in [0.29, 0.717) is 5.02 Å². The van der Waals surface area contributed by atoms with Crippen LogP contribution in [0.25, 0.3) is 5.69 Å². The van der Waals surface area contributed by atoms with Crippen LogP contribution in [-0.4, -0.2) is 16.3 Å². The first-order chi connectivity index (χ1) is 9.11. The van der Waals surface area contributed by atoms with Crippen molar-refractivity contribution in [2.45, 2.75) is 33.7 Å². The fraction of sp³-hybridized carbons (Fsp3) is 0.400. The number of rotatable bonds is 5. The molecule has 19 heavy (non-hydrogen) atoms. The number of aryl methyl sites for hydroxylation is 2. The van der Waals surface area contributed by atoms with Crippen molar-refractivity contribution < 1.29 is 0 Å². The number of aromatic nitrogens is 2. The molecule has 0 unspecified atom stereocenters. The van der Waals surface area contributed by atoms with Crippen molar-refractivity contribution in [1.29, 1.82) is 0 Å². The molecular weight excluding hydrogens is 258 g/mol. The molecule has 0 aliphatic carbocycles. The molecule has 0 saturated carbocycles. The number of halogens is 1. The van der Waals surface area contributed by atoms with Crippen LogP contribution in [0.4, 0.5) is 0 Å². The van der Waals surface area contributed by atoms with Gasteiger partial charge in [0.2, 0.25) is 0 Å². The minimum Gasteiger partial charge on any atom is -0.313 e. The third-order valence-electron chi connectivity index (χ3n) is 3.06. The van der Waals surface area contributed by atoms with Gasteiger partial charge in [-0.15, -0.1) is 0 Å². The Kier molecular flexibility index (Phi) is 4.61. The van der Waals surface area contributed by atoms with Crippen LogP contribution in [0.5, 0.6) is 0 Å². The molecule has 1 aromatic heterocycles. The van der Waals surface area contributed by atoms with E-state index in [2.05, 4.69) is 42.5 Å². The lowest BCUT2D eigenvalue weighted by Gasteiger charge is -2.11. The second kappa shape index (κ2) is 6.22. The zero-order valence-corrected chi connectivity index (χ0v) is 12.5. The van der Waals surface area contributed by atoms with Gasteiger partial charge in [0.1, 0.15) is 0 Å². The van der Waals surface area contributed by atoms with Crippen molar-refractivity contribution in [3.8, 4) is 5.69 Å². The number of nitrogens with one attached hydrogen (secondary N) is 1. The van der Waals surface area contributed by atoms with Gasteiger partial charge in [0.25, 0.3) is 0 Å². The van der Waals surface area contributed by atoms with Crippen molar-refractivity contribution in [2.75, 3.05) is 6.54 Å². The summed E-state index contributed by atoms with van der Waals surface area (Å²) < 4.78 is 1.86. The largest absolute Gasteiger partial charge is 0.313 e. The van der Waals surface area contributed by atoms with E-state index in [1.807, 2.05) is 17.8 Å². The van der Waals surface area contributed by atoms with Gasteiger partial charge in [-0.2, -0.15) is 5.10 Å². The van der Waals surface area contributed by atoms with E-state index in [0.717, 1.165) is 30.9 Å². The Morgan fingerprint density at radius 1 is 1.32 bits per heavy atom. The Hall–Kier alpha value is -1.32. The van der Waals surface area contributed by atoms with E-state index in [9.17, 15) is 0 Å². The summed E-state index contributed by atoms with van der Waals surface area (Å²) in [5, 5.41) is 8.59. The van der Waals surface area contributed by atoms with Gasteiger partial charge in [0, 0.05) is 12.7 Å². The fourth-order valence-electron chi connectivity index (χ4n) is 2.04. The Bertz CT molecular complexity index is 541. The monoisotopic (exact) mass is 277 g/mol. The van der Waals surface area contributed by atoms with Crippen LogP contribution in [0.15, 0.2) is 24.4 Å². The quantitative estimate of drug-likeness (QED) is 0.846. The highest BCUT2D eigenvalue weighted by atomic mass is 35.5. The number of hydrogen-bond acceptors (Lipinski definition) is 2. The third kappa shape index (κ3) is 3.37. The molecule has 0 radical (unpaired) electrons. The molecule has 2 aromatic rings. The van der Waals surface area contributed by atoms with Crippen molar-refractivity contribution in [1.82, 2.24) is 15.1 Å². The van der Waals surface area contributed by atoms with Crippen LogP contribution in [0.3, 0.4) is 0 Å². The highest BCUT2D eigenvalue weighted by molar-refractivity contribution is 6.31. The van der Waals surface area contributed by atoms with Crippen LogP contribution >= 0.6 is 11.6 Å². The lowest BCUT2D eigenvalue weighted by Crippen LogP contribution is -2.16.